The maximum Gasteiger partial charge on any atom is 0.246 e. The van der Waals surface area contributed by atoms with Crippen LogP contribution in [0.15, 0.2) is 17.0 Å². The number of piperazine rings is 1. The number of hydrogen-bond acceptors (Lipinski definition) is 4. The molecule has 1 aromatic rings. The highest BCUT2D eigenvalue weighted by Gasteiger charge is 2.33. The fourth-order valence-electron chi connectivity index (χ4n) is 2.33. The van der Waals surface area contributed by atoms with E-state index >= 15 is 0 Å². The first-order valence-electron chi connectivity index (χ1n) is 6.65. The Bertz CT molecular complexity index is 639. The molecule has 1 aliphatic rings. The minimum atomic E-state index is -3.91. The van der Waals surface area contributed by atoms with E-state index in [0.29, 0.717) is 19.6 Å². The maximum atomic E-state index is 14.3. The second-order valence-corrected chi connectivity index (χ2v) is 7.62. The van der Waals surface area contributed by atoms with Crippen molar-refractivity contribution in [2.45, 2.75) is 24.4 Å². The van der Waals surface area contributed by atoms with Crippen molar-refractivity contribution in [1.29, 1.82) is 0 Å². The lowest BCUT2D eigenvalue weighted by Gasteiger charge is -2.36. The molecule has 1 aromatic carbocycles. The largest absolute Gasteiger partial charge is 0.326 e. The van der Waals surface area contributed by atoms with Crippen molar-refractivity contribution in [1.82, 2.24) is 9.21 Å². The number of halogens is 2. The van der Waals surface area contributed by atoms with Gasteiger partial charge in [-0.2, -0.15) is 4.31 Å². The highest BCUT2D eigenvalue weighted by molar-refractivity contribution is 7.89. The zero-order chi connectivity index (χ0) is 15.8. The normalized spacial score (nSPS) is 21.7. The molecule has 5 nitrogen and oxygen atoms in total. The van der Waals surface area contributed by atoms with Gasteiger partial charge in [0.15, 0.2) is 0 Å². The molecule has 0 aliphatic carbocycles. The molecule has 2 rings (SSSR count). The molecular weight excluding hydrogens is 317 g/mol. The molecule has 1 atom stereocenters. The smallest absolute Gasteiger partial charge is 0.246 e. The van der Waals surface area contributed by atoms with Gasteiger partial charge in [0.25, 0.3) is 0 Å². The monoisotopic (exact) mass is 335 g/mol. The Kier molecular flexibility index (Phi) is 4.89. The van der Waals surface area contributed by atoms with Crippen molar-refractivity contribution in [2.24, 2.45) is 5.73 Å². The molecule has 1 fully saturated rings. The van der Waals surface area contributed by atoms with E-state index in [-0.39, 0.29) is 23.2 Å². The summed E-state index contributed by atoms with van der Waals surface area (Å²) in [4.78, 5) is 1.67. The lowest BCUT2D eigenvalue weighted by atomic mass is 10.2. The molecule has 1 saturated heterocycles. The van der Waals surface area contributed by atoms with Gasteiger partial charge in [0.1, 0.15) is 10.7 Å². The fourth-order valence-corrected chi connectivity index (χ4v) is 4.28. The third kappa shape index (κ3) is 3.22. The predicted molar refractivity (Wildman–Crippen MR) is 80.2 cm³/mol. The van der Waals surface area contributed by atoms with Gasteiger partial charge in [-0.05, 0) is 26.1 Å². The number of hydrogen-bond donors (Lipinski definition) is 1. The van der Waals surface area contributed by atoms with Crippen LogP contribution < -0.4 is 5.73 Å². The zero-order valence-corrected chi connectivity index (χ0v) is 13.6. The average Bonchev–Trinajstić information content (AvgIpc) is 2.43. The number of rotatable bonds is 3. The van der Waals surface area contributed by atoms with Gasteiger partial charge in [-0.25, -0.2) is 12.8 Å². The zero-order valence-electron chi connectivity index (χ0n) is 12.0. The molecule has 1 unspecified atom stereocenters. The van der Waals surface area contributed by atoms with Crippen LogP contribution in [0.25, 0.3) is 0 Å². The Labute approximate surface area is 129 Å². The van der Waals surface area contributed by atoms with Crippen molar-refractivity contribution < 1.29 is 12.8 Å². The Morgan fingerprint density at radius 1 is 1.43 bits per heavy atom. The van der Waals surface area contributed by atoms with Gasteiger partial charge in [0, 0.05) is 42.8 Å². The lowest BCUT2D eigenvalue weighted by molar-refractivity contribution is 0.159. The molecule has 21 heavy (non-hydrogen) atoms. The number of likely N-dealkylation sites (N-methyl/N-ethyl adjacent to an activating group) is 1. The van der Waals surface area contributed by atoms with Gasteiger partial charge < -0.3 is 10.6 Å². The van der Waals surface area contributed by atoms with E-state index in [1.54, 1.807) is 0 Å². The predicted octanol–water partition coefficient (Wildman–Crippen LogP) is 1.26. The Morgan fingerprint density at radius 3 is 2.67 bits per heavy atom. The fraction of sp³-hybridized carbons (Fsp3) is 0.538. The summed E-state index contributed by atoms with van der Waals surface area (Å²) in [6.45, 7) is 3.08. The van der Waals surface area contributed by atoms with Crippen LogP contribution in [-0.4, -0.2) is 50.3 Å². The average molecular weight is 336 g/mol. The van der Waals surface area contributed by atoms with Crippen LogP contribution in [0.4, 0.5) is 4.39 Å². The van der Waals surface area contributed by atoms with Crippen LogP contribution in [0, 0.1) is 5.82 Å². The number of benzene rings is 1. The first kappa shape index (κ1) is 16.6. The van der Waals surface area contributed by atoms with E-state index in [4.69, 9.17) is 17.3 Å². The third-order valence-electron chi connectivity index (χ3n) is 3.84. The summed E-state index contributed by atoms with van der Waals surface area (Å²) in [6.07, 6.45) is 0. The molecule has 0 amide bonds. The highest BCUT2D eigenvalue weighted by Crippen LogP contribution is 2.27. The lowest BCUT2D eigenvalue weighted by Crippen LogP contribution is -2.52. The van der Waals surface area contributed by atoms with Crippen molar-refractivity contribution in [3.05, 3.63) is 28.5 Å². The van der Waals surface area contributed by atoms with Gasteiger partial charge in [-0.3, -0.25) is 0 Å². The summed E-state index contributed by atoms with van der Waals surface area (Å²) in [6, 6.07) is 2.57. The summed E-state index contributed by atoms with van der Waals surface area (Å²) in [5.41, 5.74) is 5.54. The molecule has 0 saturated carbocycles. The second-order valence-electron chi connectivity index (χ2n) is 5.27. The van der Waals surface area contributed by atoms with E-state index in [1.807, 2.05) is 14.0 Å². The Hall–Kier alpha value is -0.730. The molecule has 2 N–H and O–H groups in total. The minimum Gasteiger partial charge on any atom is -0.326 e. The second kappa shape index (κ2) is 6.18. The summed E-state index contributed by atoms with van der Waals surface area (Å²) in [5, 5.41) is 0.164. The quantitative estimate of drug-likeness (QED) is 0.903. The topological polar surface area (TPSA) is 66.6 Å². The summed E-state index contributed by atoms with van der Waals surface area (Å²) >= 11 is 5.88. The Balaban J connectivity index is 2.43. The molecular formula is C13H19ClFN3O2S. The summed E-state index contributed by atoms with van der Waals surface area (Å²) in [7, 11) is -1.98. The van der Waals surface area contributed by atoms with E-state index in [9.17, 15) is 12.8 Å². The molecule has 1 heterocycles. The van der Waals surface area contributed by atoms with Crippen molar-refractivity contribution in [3.63, 3.8) is 0 Å². The van der Waals surface area contributed by atoms with Gasteiger partial charge in [0.05, 0.1) is 0 Å². The minimum absolute atomic E-state index is 0.0738. The van der Waals surface area contributed by atoms with Gasteiger partial charge in [-0.15, -0.1) is 0 Å². The highest BCUT2D eigenvalue weighted by atomic mass is 35.5. The molecule has 0 bridgehead atoms. The first-order chi connectivity index (χ1) is 9.77. The molecule has 0 aromatic heterocycles. The SMILES string of the molecule is CC1CN(S(=O)(=O)c2cc(Cl)cc(CN)c2F)CCN1C. The van der Waals surface area contributed by atoms with E-state index in [0.717, 1.165) is 6.07 Å². The standard InChI is InChI=1S/C13H19ClFN3O2S/c1-9-8-18(4-3-17(9)2)21(19,20)12-6-11(14)5-10(7-16)13(12)15/h5-6,9H,3-4,7-8,16H2,1-2H3. The van der Waals surface area contributed by atoms with Crippen molar-refractivity contribution in [3.8, 4) is 0 Å². The third-order valence-corrected chi connectivity index (χ3v) is 5.92. The summed E-state index contributed by atoms with van der Waals surface area (Å²) in [5.74, 6) is -0.812. The van der Waals surface area contributed by atoms with E-state index in [1.165, 1.54) is 10.4 Å². The number of nitrogens with two attached hydrogens (primary N) is 1. The van der Waals surface area contributed by atoms with Crippen LogP contribution in [0.3, 0.4) is 0 Å². The van der Waals surface area contributed by atoms with E-state index in [2.05, 4.69) is 4.90 Å². The summed E-state index contributed by atoms with van der Waals surface area (Å²) < 4.78 is 40.9. The number of sulfonamides is 1. The molecule has 118 valence electrons. The molecule has 0 spiro atoms. The molecule has 8 heteroatoms. The molecule has 0 radical (unpaired) electrons. The van der Waals surface area contributed by atoms with Crippen LogP contribution >= 0.6 is 11.6 Å². The molecule has 1 aliphatic heterocycles. The van der Waals surface area contributed by atoms with Gasteiger partial charge >= 0.3 is 0 Å². The van der Waals surface area contributed by atoms with Crippen LogP contribution in [-0.2, 0) is 16.6 Å². The Morgan fingerprint density at radius 2 is 2.10 bits per heavy atom. The first-order valence-corrected chi connectivity index (χ1v) is 8.47. The van der Waals surface area contributed by atoms with Crippen LogP contribution in [0.5, 0.6) is 0 Å². The maximum absolute atomic E-state index is 14.3. The van der Waals surface area contributed by atoms with Crippen molar-refractivity contribution in [2.75, 3.05) is 26.7 Å². The van der Waals surface area contributed by atoms with Crippen molar-refractivity contribution >= 4 is 21.6 Å². The number of nitrogens with zero attached hydrogens (tertiary/aromatic N) is 2. The van der Waals surface area contributed by atoms with Gasteiger partial charge in [-0.1, -0.05) is 11.6 Å². The van der Waals surface area contributed by atoms with Crippen LogP contribution in [0.2, 0.25) is 5.02 Å². The van der Waals surface area contributed by atoms with Crippen LogP contribution in [0.1, 0.15) is 12.5 Å². The van der Waals surface area contributed by atoms with Gasteiger partial charge in [0.2, 0.25) is 10.0 Å². The van der Waals surface area contributed by atoms with E-state index < -0.39 is 20.7 Å².